The molecular weight excluding hydrogens is 206 g/mol. The van der Waals surface area contributed by atoms with Crippen LogP contribution in [0.25, 0.3) is 0 Å². The fraction of sp³-hybridized carbons (Fsp3) is 0.364. The summed E-state index contributed by atoms with van der Waals surface area (Å²) >= 11 is 1.82. The van der Waals surface area contributed by atoms with E-state index in [1.54, 1.807) is 0 Å². The van der Waals surface area contributed by atoms with Crippen molar-refractivity contribution in [3.8, 4) is 0 Å². The number of aromatic nitrogens is 2. The molecule has 0 atom stereocenters. The number of nitrogens with zero attached hydrogens (tertiary/aromatic N) is 2. The van der Waals surface area contributed by atoms with Crippen LogP contribution in [0.1, 0.15) is 4.88 Å². The molecule has 0 bridgehead atoms. The van der Waals surface area contributed by atoms with Crippen molar-refractivity contribution in [3.63, 3.8) is 0 Å². The molecule has 0 aliphatic rings. The molecule has 0 fully saturated rings. The first kappa shape index (κ1) is 10.4. The minimum atomic E-state index is 0.991. The summed E-state index contributed by atoms with van der Waals surface area (Å²) in [5.74, 6) is 0. The van der Waals surface area contributed by atoms with Crippen molar-refractivity contribution in [3.05, 3.63) is 41.1 Å². The van der Waals surface area contributed by atoms with Gasteiger partial charge in [0.05, 0.1) is 6.33 Å². The molecule has 0 amide bonds. The van der Waals surface area contributed by atoms with Crippen LogP contribution in [0, 0.1) is 0 Å². The summed E-state index contributed by atoms with van der Waals surface area (Å²) < 4.78 is 2.08. The monoisotopic (exact) mass is 221 g/mol. The first-order valence-electron chi connectivity index (χ1n) is 5.14. The fourth-order valence-electron chi connectivity index (χ4n) is 1.42. The second-order valence-corrected chi connectivity index (χ2v) is 4.41. The number of thiophene rings is 1. The topological polar surface area (TPSA) is 29.9 Å². The Bertz CT molecular complexity index is 317. The Labute approximate surface area is 93.8 Å². The van der Waals surface area contributed by atoms with Gasteiger partial charge in [-0.1, -0.05) is 6.07 Å². The quantitative estimate of drug-likeness (QED) is 0.754. The minimum Gasteiger partial charge on any atom is -0.336 e. The Morgan fingerprint density at radius 1 is 1.40 bits per heavy atom. The van der Waals surface area contributed by atoms with E-state index in [2.05, 4.69) is 32.4 Å². The van der Waals surface area contributed by atoms with Crippen molar-refractivity contribution in [2.45, 2.75) is 13.0 Å². The third-order valence-corrected chi connectivity index (χ3v) is 3.17. The zero-order valence-electron chi connectivity index (χ0n) is 8.60. The zero-order chi connectivity index (χ0) is 10.3. The summed E-state index contributed by atoms with van der Waals surface area (Å²) in [6.07, 6.45) is 6.77. The molecule has 0 aromatic carbocycles. The van der Waals surface area contributed by atoms with Crippen LogP contribution in [-0.4, -0.2) is 22.6 Å². The lowest BCUT2D eigenvalue weighted by atomic mass is 10.3. The Morgan fingerprint density at radius 3 is 3.13 bits per heavy atom. The highest BCUT2D eigenvalue weighted by atomic mass is 32.1. The molecule has 0 spiro atoms. The molecule has 0 aliphatic heterocycles. The summed E-state index contributed by atoms with van der Waals surface area (Å²) in [5.41, 5.74) is 0. The van der Waals surface area contributed by atoms with Crippen molar-refractivity contribution in [2.24, 2.45) is 0 Å². The summed E-state index contributed by atoms with van der Waals surface area (Å²) in [6, 6.07) is 4.29. The molecule has 0 saturated heterocycles. The molecule has 0 saturated carbocycles. The molecule has 2 rings (SSSR count). The van der Waals surface area contributed by atoms with Crippen LogP contribution in [0.3, 0.4) is 0 Å². The average molecular weight is 221 g/mol. The first-order valence-corrected chi connectivity index (χ1v) is 6.02. The van der Waals surface area contributed by atoms with Crippen LogP contribution >= 0.6 is 11.3 Å². The predicted octanol–water partition coefficient (Wildman–Crippen LogP) is 1.78. The van der Waals surface area contributed by atoms with E-state index >= 15 is 0 Å². The van der Waals surface area contributed by atoms with Crippen molar-refractivity contribution in [2.75, 3.05) is 13.1 Å². The maximum Gasteiger partial charge on any atom is 0.0946 e. The van der Waals surface area contributed by atoms with Crippen molar-refractivity contribution in [1.29, 1.82) is 0 Å². The van der Waals surface area contributed by atoms with E-state index in [1.165, 1.54) is 4.88 Å². The van der Waals surface area contributed by atoms with E-state index < -0.39 is 0 Å². The largest absolute Gasteiger partial charge is 0.336 e. The molecule has 80 valence electrons. The summed E-state index contributed by atoms with van der Waals surface area (Å²) in [4.78, 5) is 5.45. The molecule has 2 aromatic heterocycles. The smallest absolute Gasteiger partial charge is 0.0946 e. The van der Waals surface area contributed by atoms with Gasteiger partial charge in [-0.05, 0) is 17.9 Å². The van der Waals surface area contributed by atoms with E-state index in [4.69, 9.17) is 0 Å². The Morgan fingerprint density at radius 2 is 2.40 bits per heavy atom. The molecule has 0 unspecified atom stereocenters. The van der Waals surface area contributed by atoms with Gasteiger partial charge >= 0.3 is 0 Å². The highest BCUT2D eigenvalue weighted by Gasteiger charge is 1.93. The molecule has 2 heterocycles. The molecule has 3 nitrogen and oxygen atoms in total. The van der Waals surface area contributed by atoms with Gasteiger partial charge in [-0.15, -0.1) is 11.3 Å². The van der Waals surface area contributed by atoms with E-state index in [0.29, 0.717) is 0 Å². The van der Waals surface area contributed by atoms with E-state index in [1.807, 2.05) is 30.1 Å². The lowest BCUT2D eigenvalue weighted by molar-refractivity contribution is 0.599. The van der Waals surface area contributed by atoms with Gasteiger partial charge in [0, 0.05) is 36.9 Å². The second kappa shape index (κ2) is 5.68. The number of nitrogens with one attached hydrogen (secondary N) is 1. The molecular formula is C11H15N3S. The van der Waals surface area contributed by atoms with E-state index in [9.17, 15) is 0 Å². The highest BCUT2D eigenvalue weighted by molar-refractivity contribution is 7.09. The van der Waals surface area contributed by atoms with Crippen molar-refractivity contribution >= 4 is 11.3 Å². The van der Waals surface area contributed by atoms with Crippen LogP contribution in [0.4, 0.5) is 0 Å². The summed E-state index contributed by atoms with van der Waals surface area (Å²) in [7, 11) is 0. The summed E-state index contributed by atoms with van der Waals surface area (Å²) in [5, 5.41) is 5.55. The molecule has 15 heavy (non-hydrogen) atoms. The standard InChI is InChI=1S/C11H15N3S/c1-2-11(15-9-1)3-4-12-5-7-14-8-6-13-10-14/h1-2,6,8-10,12H,3-5,7H2. The Balaban J connectivity index is 1.56. The lowest BCUT2D eigenvalue weighted by Gasteiger charge is -2.04. The van der Waals surface area contributed by atoms with Crippen LogP contribution in [-0.2, 0) is 13.0 Å². The second-order valence-electron chi connectivity index (χ2n) is 3.38. The summed E-state index contributed by atoms with van der Waals surface area (Å²) in [6.45, 7) is 3.04. The highest BCUT2D eigenvalue weighted by Crippen LogP contribution is 2.07. The maximum absolute atomic E-state index is 4.00. The van der Waals surface area contributed by atoms with E-state index in [0.717, 1.165) is 26.1 Å². The van der Waals surface area contributed by atoms with Gasteiger partial charge in [0.1, 0.15) is 0 Å². The molecule has 4 heteroatoms. The minimum absolute atomic E-state index is 0.991. The normalized spacial score (nSPS) is 10.7. The van der Waals surface area contributed by atoms with Crippen LogP contribution in [0.5, 0.6) is 0 Å². The van der Waals surface area contributed by atoms with Gasteiger partial charge in [-0.25, -0.2) is 4.98 Å². The van der Waals surface area contributed by atoms with Gasteiger partial charge in [-0.2, -0.15) is 0 Å². The van der Waals surface area contributed by atoms with Crippen LogP contribution < -0.4 is 5.32 Å². The Hall–Kier alpha value is -1.13. The molecule has 0 radical (unpaired) electrons. The van der Waals surface area contributed by atoms with Gasteiger partial charge < -0.3 is 9.88 Å². The molecule has 2 aromatic rings. The number of hydrogen-bond acceptors (Lipinski definition) is 3. The van der Waals surface area contributed by atoms with Gasteiger partial charge in [-0.3, -0.25) is 0 Å². The van der Waals surface area contributed by atoms with Crippen molar-refractivity contribution in [1.82, 2.24) is 14.9 Å². The first-order chi connectivity index (χ1) is 7.45. The molecule has 0 aliphatic carbocycles. The Kier molecular flexibility index (Phi) is 3.93. The SMILES string of the molecule is c1csc(CCNCCn2ccnc2)c1. The van der Waals surface area contributed by atoms with Crippen LogP contribution in [0.15, 0.2) is 36.2 Å². The average Bonchev–Trinajstić information content (AvgIpc) is 2.88. The molecule has 1 N–H and O–H groups in total. The van der Waals surface area contributed by atoms with Gasteiger partial charge in [0.25, 0.3) is 0 Å². The van der Waals surface area contributed by atoms with Crippen molar-refractivity contribution < 1.29 is 0 Å². The van der Waals surface area contributed by atoms with Gasteiger partial charge in [0.15, 0.2) is 0 Å². The fourth-order valence-corrected chi connectivity index (χ4v) is 2.13. The third-order valence-electron chi connectivity index (χ3n) is 2.23. The zero-order valence-corrected chi connectivity index (χ0v) is 9.41. The maximum atomic E-state index is 4.00. The predicted molar refractivity (Wildman–Crippen MR) is 63.1 cm³/mol. The van der Waals surface area contributed by atoms with E-state index in [-0.39, 0.29) is 0 Å². The van der Waals surface area contributed by atoms with Gasteiger partial charge in [0.2, 0.25) is 0 Å². The number of rotatable bonds is 6. The van der Waals surface area contributed by atoms with Crippen LogP contribution in [0.2, 0.25) is 0 Å². The number of imidazole rings is 1. The third kappa shape index (κ3) is 3.49. The lowest BCUT2D eigenvalue weighted by Crippen LogP contribution is -2.21. The number of hydrogen-bond donors (Lipinski definition) is 1.